The van der Waals surface area contributed by atoms with Crippen LogP contribution in [0.25, 0.3) is 10.9 Å². The molecule has 0 radical (unpaired) electrons. The highest BCUT2D eigenvalue weighted by molar-refractivity contribution is 7.91. The molecule has 0 spiro atoms. The van der Waals surface area contributed by atoms with E-state index in [4.69, 9.17) is 14.7 Å². The van der Waals surface area contributed by atoms with E-state index in [2.05, 4.69) is 22.1 Å². The molecule has 3 aromatic rings. The number of sulfone groups is 1. The standard InChI is InChI=1S/C22H21N3O6S/c1-3-4-12-31-15-8-10-16(11-9-15)32(28,29)14-24-20-17-6-5-7-19(30-2)21(17)23-13-18(20)22(26)25-27/h5-11,13,27H,12,14H2,1-2H3,(H,23,24)(H,25,26). The number of amides is 1. The van der Waals surface area contributed by atoms with E-state index >= 15 is 0 Å². The predicted octanol–water partition coefficient (Wildman–Crippen LogP) is 2.61. The summed E-state index contributed by atoms with van der Waals surface area (Å²) in [4.78, 5) is 16.4. The van der Waals surface area contributed by atoms with Gasteiger partial charge in [-0.2, -0.15) is 0 Å². The summed E-state index contributed by atoms with van der Waals surface area (Å²) in [7, 11) is -2.30. The summed E-state index contributed by atoms with van der Waals surface area (Å²) in [6.07, 6.45) is 1.23. The van der Waals surface area contributed by atoms with Crippen LogP contribution in [-0.4, -0.2) is 44.1 Å². The zero-order chi connectivity index (χ0) is 23.1. The molecule has 0 aliphatic rings. The molecule has 0 fully saturated rings. The van der Waals surface area contributed by atoms with Crippen molar-refractivity contribution >= 4 is 32.3 Å². The molecular formula is C22H21N3O6S. The van der Waals surface area contributed by atoms with Crippen LogP contribution >= 0.6 is 0 Å². The minimum atomic E-state index is -3.77. The number of nitrogens with zero attached hydrogens (tertiary/aromatic N) is 1. The number of nitrogens with one attached hydrogen (secondary N) is 2. The maximum absolute atomic E-state index is 12.9. The number of rotatable bonds is 8. The summed E-state index contributed by atoms with van der Waals surface area (Å²) >= 11 is 0. The second-order valence-corrected chi connectivity index (χ2v) is 8.46. The molecule has 0 aliphatic carbocycles. The summed E-state index contributed by atoms with van der Waals surface area (Å²) in [5, 5.41) is 12.3. The second kappa shape index (κ2) is 10.00. The molecule has 2 aromatic carbocycles. The van der Waals surface area contributed by atoms with Gasteiger partial charge in [0.2, 0.25) is 0 Å². The molecule has 1 heterocycles. The Morgan fingerprint density at radius 1 is 1.19 bits per heavy atom. The van der Waals surface area contributed by atoms with Gasteiger partial charge in [-0.25, -0.2) is 13.9 Å². The monoisotopic (exact) mass is 455 g/mol. The van der Waals surface area contributed by atoms with Crippen molar-refractivity contribution < 1.29 is 27.9 Å². The Morgan fingerprint density at radius 3 is 2.59 bits per heavy atom. The third kappa shape index (κ3) is 4.91. The van der Waals surface area contributed by atoms with Gasteiger partial charge in [-0.05, 0) is 37.3 Å². The summed E-state index contributed by atoms with van der Waals surface area (Å²) in [5.41, 5.74) is 2.15. The summed E-state index contributed by atoms with van der Waals surface area (Å²) in [6, 6.07) is 11.0. The molecular weight excluding hydrogens is 434 g/mol. The van der Waals surface area contributed by atoms with E-state index in [0.29, 0.717) is 22.4 Å². The van der Waals surface area contributed by atoms with Crippen LogP contribution in [0.3, 0.4) is 0 Å². The molecule has 0 bridgehead atoms. The fourth-order valence-electron chi connectivity index (χ4n) is 2.97. The van der Waals surface area contributed by atoms with Crippen molar-refractivity contribution in [2.24, 2.45) is 0 Å². The molecule has 0 saturated carbocycles. The predicted molar refractivity (Wildman–Crippen MR) is 119 cm³/mol. The van der Waals surface area contributed by atoms with Gasteiger partial charge in [0.1, 0.15) is 29.5 Å². The van der Waals surface area contributed by atoms with E-state index in [0.717, 1.165) is 0 Å². The average Bonchev–Trinajstić information content (AvgIpc) is 2.82. The van der Waals surface area contributed by atoms with Gasteiger partial charge in [0.25, 0.3) is 5.91 Å². The Bertz CT molecular complexity index is 1290. The maximum atomic E-state index is 12.9. The number of carbonyl (C=O) groups excluding carboxylic acids is 1. The minimum Gasteiger partial charge on any atom is -0.494 e. The van der Waals surface area contributed by atoms with Crippen LogP contribution in [0.5, 0.6) is 11.5 Å². The SMILES string of the molecule is CC#CCOc1ccc(S(=O)(=O)CNc2c(C(=O)NO)cnc3c(OC)cccc23)cc1. The first kappa shape index (κ1) is 22.9. The third-order valence-electron chi connectivity index (χ3n) is 4.54. The molecule has 1 aromatic heterocycles. The molecule has 1 amide bonds. The Balaban J connectivity index is 1.91. The highest BCUT2D eigenvalue weighted by atomic mass is 32.2. The summed E-state index contributed by atoms with van der Waals surface area (Å²) in [6.45, 7) is 1.90. The second-order valence-electron chi connectivity index (χ2n) is 6.47. The number of para-hydroxylation sites is 1. The number of benzene rings is 2. The van der Waals surface area contributed by atoms with Gasteiger partial charge in [0.15, 0.2) is 9.84 Å². The van der Waals surface area contributed by atoms with Gasteiger partial charge in [0.05, 0.1) is 23.3 Å². The van der Waals surface area contributed by atoms with E-state index in [1.807, 2.05) is 0 Å². The van der Waals surface area contributed by atoms with Crippen molar-refractivity contribution in [3.8, 4) is 23.3 Å². The van der Waals surface area contributed by atoms with E-state index in [9.17, 15) is 13.2 Å². The van der Waals surface area contributed by atoms with E-state index in [1.165, 1.54) is 25.4 Å². The lowest BCUT2D eigenvalue weighted by molar-refractivity contribution is 0.0707. The van der Waals surface area contributed by atoms with Crippen LogP contribution in [0, 0.1) is 11.8 Å². The van der Waals surface area contributed by atoms with Crippen molar-refractivity contribution in [3.05, 3.63) is 54.2 Å². The lowest BCUT2D eigenvalue weighted by Crippen LogP contribution is -2.22. The van der Waals surface area contributed by atoms with Gasteiger partial charge in [-0.15, -0.1) is 5.92 Å². The highest BCUT2D eigenvalue weighted by Crippen LogP contribution is 2.32. The van der Waals surface area contributed by atoms with Gasteiger partial charge in [-0.1, -0.05) is 18.1 Å². The first-order chi connectivity index (χ1) is 15.4. The Morgan fingerprint density at radius 2 is 1.94 bits per heavy atom. The average molecular weight is 455 g/mol. The molecule has 10 heteroatoms. The number of hydrogen-bond acceptors (Lipinski definition) is 8. The number of pyridine rings is 1. The number of hydroxylamine groups is 1. The quantitative estimate of drug-likeness (QED) is 0.269. The molecule has 0 saturated heterocycles. The van der Waals surface area contributed by atoms with E-state index in [1.54, 1.807) is 42.7 Å². The van der Waals surface area contributed by atoms with Crippen LogP contribution in [0.15, 0.2) is 53.6 Å². The lowest BCUT2D eigenvalue weighted by atomic mass is 10.1. The van der Waals surface area contributed by atoms with Gasteiger partial charge >= 0.3 is 0 Å². The highest BCUT2D eigenvalue weighted by Gasteiger charge is 2.20. The van der Waals surface area contributed by atoms with Crippen LogP contribution in [-0.2, 0) is 9.84 Å². The Hall–Kier alpha value is -3.81. The van der Waals surface area contributed by atoms with Gasteiger partial charge in [-0.3, -0.25) is 15.0 Å². The van der Waals surface area contributed by atoms with Crippen LogP contribution in [0.2, 0.25) is 0 Å². The van der Waals surface area contributed by atoms with E-state index < -0.39 is 21.6 Å². The fraction of sp³-hybridized carbons (Fsp3) is 0.182. The van der Waals surface area contributed by atoms with Crippen LogP contribution in [0.1, 0.15) is 17.3 Å². The fourth-order valence-corrected chi connectivity index (χ4v) is 4.02. The Labute approximate surface area is 185 Å². The number of hydrogen-bond donors (Lipinski definition) is 3. The summed E-state index contributed by atoms with van der Waals surface area (Å²) in [5.74, 6) is 5.07. The van der Waals surface area contributed by atoms with Crippen LogP contribution < -0.4 is 20.3 Å². The van der Waals surface area contributed by atoms with E-state index in [-0.39, 0.29) is 22.8 Å². The first-order valence-corrected chi connectivity index (χ1v) is 11.1. The molecule has 0 aliphatic heterocycles. The molecule has 3 N–H and O–H groups in total. The number of aromatic nitrogens is 1. The van der Waals surface area contributed by atoms with Crippen molar-refractivity contribution in [1.82, 2.24) is 10.5 Å². The van der Waals surface area contributed by atoms with Gasteiger partial charge < -0.3 is 14.8 Å². The third-order valence-corrected chi connectivity index (χ3v) is 6.05. The summed E-state index contributed by atoms with van der Waals surface area (Å²) < 4.78 is 36.4. The van der Waals surface area contributed by atoms with Crippen molar-refractivity contribution in [1.29, 1.82) is 0 Å². The zero-order valence-corrected chi connectivity index (χ0v) is 18.2. The van der Waals surface area contributed by atoms with Crippen molar-refractivity contribution in [2.75, 3.05) is 24.9 Å². The number of ether oxygens (including phenoxy) is 2. The maximum Gasteiger partial charge on any atom is 0.278 e. The van der Waals surface area contributed by atoms with Crippen molar-refractivity contribution in [3.63, 3.8) is 0 Å². The number of carbonyl (C=O) groups is 1. The normalized spacial score (nSPS) is 10.7. The molecule has 166 valence electrons. The minimum absolute atomic E-state index is 0.0239. The molecule has 0 unspecified atom stereocenters. The molecule has 9 nitrogen and oxygen atoms in total. The number of methoxy groups -OCH3 is 1. The zero-order valence-electron chi connectivity index (χ0n) is 17.4. The molecule has 3 rings (SSSR count). The largest absolute Gasteiger partial charge is 0.494 e. The topological polar surface area (TPSA) is 127 Å². The Kier molecular flexibility index (Phi) is 7.14. The lowest BCUT2D eigenvalue weighted by Gasteiger charge is -2.15. The number of anilines is 1. The molecule has 0 atom stereocenters. The van der Waals surface area contributed by atoms with Gasteiger partial charge in [0, 0.05) is 11.6 Å². The van der Waals surface area contributed by atoms with Crippen molar-refractivity contribution in [2.45, 2.75) is 11.8 Å². The van der Waals surface area contributed by atoms with Crippen LogP contribution in [0.4, 0.5) is 5.69 Å². The molecule has 32 heavy (non-hydrogen) atoms. The first-order valence-electron chi connectivity index (χ1n) is 9.40. The number of fused-ring (bicyclic) bond motifs is 1. The smallest absolute Gasteiger partial charge is 0.278 e.